The average molecular weight is 317 g/mol. The third kappa shape index (κ3) is 3.60. The summed E-state index contributed by atoms with van der Waals surface area (Å²) in [5.74, 6) is -0.251. The summed E-state index contributed by atoms with van der Waals surface area (Å²) >= 11 is 3.31. The molecule has 0 aliphatic rings. The number of carbonyl (C=O) groups is 1. The molecule has 5 nitrogen and oxygen atoms in total. The van der Waals surface area contributed by atoms with Crippen LogP contribution in [-0.4, -0.2) is 15.9 Å². The molecule has 0 saturated heterocycles. The van der Waals surface area contributed by atoms with Crippen molar-refractivity contribution in [1.29, 1.82) is 5.26 Å². The fourth-order valence-electron chi connectivity index (χ4n) is 1.47. The first kappa shape index (κ1) is 13.2. The van der Waals surface area contributed by atoms with E-state index < -0.39 is 0 Å². The molecule has 2 rings (SSSR count). The summed E-state index contributed by atoms with van der Waals surface area (Å²) < 4.78 is 0.856. The van der Waals surface area contributed by atoms with Gasteiger partial charge >= 0.3 is 0 Å². The van der Waals surface area contributed by atoms with Crippen molar-refractivity contribution in [1.82, 2.24) is 15.3 Å². The van der Waals surface area contributed by atoms with Gasteiger partial charge in [-0.2, -0.15) is 5.26 Å². The molecule has 0 unspecified atom stereocenters. The summed E-state index contributed by atoms with van der Waals surface area (Å²) in [5.41, 5.74) is 1.52. The second-order valence-corrected chi connectivity index (χ2v) is 4.65. The number of nitrogens with one attached hydrogen (secondary N) is 1. The fraction of sp³-hybridized carbons (Fsp3) is 0.0769. The maximum absolute atomic E-state index is 11.9. The standard InChI is InChI=1S/C13H9BrN4O/c14-11-3-9(6-16-8-11)7-18-13(19)10-1-2-17-12(4-10)5-15/h1-4,6,8H,7H2,(H,18,19). The Balaban J connectivity index is 2.03. The van der Waals surface area contributed by atoms with E-state index in [1.807, 2.05) is 12.1 Å². The van der Waals surface area contributed by atoms with Crippen LogP contribution in [-0.2, 0) is 6.54 Å². The molecule has 2 heterocycles. The summed E-state index contributed by atoms with van der Waals surface area (Å²) in [6, 6.07) is 6.79. The van der Waals surface area contributed by atoms with Crippen molar-refractivity contribution in [2.24, 2.45) is 0 Å². The van der Waals surface area contributed by atoms with Gasteiger partial charge in [-0.05, 0) is 39.7 Å². The molecule has 2 aromatic heterocycles. The second-order valence-electron chi connectivity index (χ2n) is 3.74. The largest absolute Gasteiger partial charge is 0.348 e. The van der Waals surface area contributed by atoms with Crippen molar-refractivity contribution >= 4 is 21.8 Å². The molecule has 0 aromatic carbocycles. The van der Waals surface area contributed by atoms with Gasteiger partial charge in [-0.3, -0.25) is 9.78 Å². The average Bonchev–Trinajstić information content (AvgIpc) is 2.45. The number of nitrogens with zero attached hydrogens (tertiary/aromatic N) is 3. The summed E-state index contributed by atoms with van der Waals surface area (Å²) in [7, 11) is 0. The zero-order valence-electron chi connectivity index (χ0n) is 9.80. The molecule has 0 saturated carbocycles. The van der Waals surface area contributed by atoms with Gasteiger partial charge in [-0.1, -0.05) is 0 Å². The van der Waals surface area contributed by atoms with Crippen molar-refractivity contribution in [3.63, 3.8) is 0 Å². The van der Waals surface area contributed by atoms with E-state index >= 15 is 0 Å². The van der Waals surface area contributed by atoms with Crippen molar-refractivity contribution in [2.75, 3.05) is 0 Å². The molecule has 0 aliphatic heterocycles. The van der Waals surface area contributed by atoms with E-state index in [2.05, 4.69) is 31.2 Å². The number of amides is 1. The van der Waals surface area contributed by atoms with Crippen LogP contribution in [0.3, 0.4) is 0 Å². The molecule has 0 spiro atoms. The highest BCUT2D eigenvalue weighted by Crippen LogP contribution is 2.09. The van der Waals surface area contributed by atoms with Crippen LogP contribution in [0.2, 0.25) is 0 Å². The van der Waals surface area contributed by atoms with Crippen LogP contribution in [0, 0.1) is 11.3 Å². The van der Waals surface area contributed by atoms with E-state index in [-0.39, 0.29) is 11.6 Å². The van der Waals surface area contributed by atoms with Crippen molar-refractivity contribution < 1.29 is 4.79 Å². The predicted octanol–water partition coefficient (Wildman–Crippen LogP) is 2.04. The van der Waals surface area contributed by atoms with E-state index in [9.17, 15) is 4.79 Å². The second kappa shape index (κ2) is 6.07. The fourth-order valence-corrected chi connectivity index (χ4v) is 1.88. The monoisotopic (exact) mass is 316 g/mol. The van der Waals surface area contributed by atoms with Gasteiger partial charge in [0.1, 0.15) is 11.8 Å². The lowest BCUT2D eigenvalue weighted by Crippen LogP contribution is -2.23. The molecule has 0 atom stereocenters. The number of rotatable bonds is 3. The van der Waals surface area contributed by atoms with Crippen LogP contribution < -0.4 is 5.32 Å². The first-order valence-electron chi connectivity index (χ1n) is 5.43. The Bertz CT molecular complexity index is 651. The Labute approximate surface area is 118 Å². The molecule has 0 fully saturated rings. The molecule has 2 aromatic rings. The lowest BCUT2D eigenvalue weighted by molar-refractivity contribution is 0.0950. The lowest BCUT2D eigenvalue weighted by Gasteiger charge is -2.05. The minimum absolute atomic E-state index is 0.219. The number of nitriles is 1. The maximum atomic E-state index is 11.9. The minimum atomic E-state index is -0.251. The van der Waals surface area contributed by atoms with Gasteiger partial charge in [0.2, 0.25) is 0 Å². The van der Waals surface area contributed by atoms with Crippen LogP contribution in [0.1, 0.15) is 21.6 Å². The Morgan fingerprint density at radius 3 is 3.00 bits per heavy atom. The van der Waals surface area contributed by atoms with Gasteiger partial charge in [-0.25, -0.2) is 4.98 Å². The zero-order valence-corrected chi connectivity index (χ0v) is 11.4. The molecule has 1 amide bonds. The minimum Gasteiger partial charge on any atom is -0.348 e. The van der Waals surface area contributed by atoms with E-state index in [0.717, 1.165) is 10.0 Å². The molecule has 19 heavy (non-hydrogen) atoms. The van der Waals surface area contributed by atoms with Gasteiger partial charge in [-0.15, -0.1) is 0 Å². The topological polar surface area (TPSA) is 78.7 Å². The highest BCUT2D eigenvalue weighted by Gasteiger charge is 2.06. The normalized spacial score (nSPS) is 9.68. The van der Waals surface area contributed by atoms with Gasteiger partial charge in [0, 0.05) is 35.2 Å². The smallest absolute Gasteiger partial charge is 0.251 e. The molecule has 0 radical (unpaired) electrons. The number of aromatic nitrogens is 2. The van der Waals surface area contributed by atoms with Crippen molar-refractivity contribution in [3.8, 4) is 6.07 Å². The van der Waals surface area contributed by atoms with E-state index in [4.69, 9.17) is 5.26 Å². The Kier molecular flexibility index (Phi) is 4.21. The first-order valence-corrected chi connectivity index (χ1v) is 6.22. The van der Waals surface area contributed by atoms with E-state index in [0.29, 0.717) is 12.1 Å². The molecule has 94 valence electrons. The summed E-state index contributed by atoms with van der Waals surface area (Å²) in [5, 5.41) is 11.5. The summed E-state index contributed by atoms with van der Waals surface area (Å²) in [6.45, 7) is 0.371. The maximum Gasteiger partial charge on any atom is 0.251 e. The SMILES string of the molecule is N#Cc1cc(C(=O)NCc2cncc(Br)c2)ccn1. The number of hydrogen-bond donors (Lipinski definition) is 1. The number of pyridine rings is 2. The van der Waals surface area contributed by atoms with Crippen LogP contribution in [0.5, 0.6) is 0 Å². The van der Waals surface area contributed by atoms with Gasteiger partial charge in [0.25, 0.3) is 5.91 Å². The Morgan fingerprint density at radius 1 is 1.42 bits per heavy atom. The predicted molar refractivity (Wildman–Crippen MR) is 72.1 cm³/mol. The van der Waals surface area contributed by atoms with Crippen LogP contribution in [0.4, 0.5) is 0 Å². The summed E-state index contributed by atoms with van der Waals surface area (Å²) in [4.78, 5) is 19.7. The van der Waals surface area contributed by atoms with Crippen LogP contribution >= 0.6 is 15.9 Å². The molecule has 0 bridgehead atoms. The third-order valence-corrected chi connectivity index (χ3v) is 2.78. The summed E-state index contributed by atoms with van der Waals surface area (Å²) in [6.07, 6.45) is 4.79. The number of hydrogen-bond acceptors (Lipinski definition) is 4. The van der Waals surface area contributed by atoms with E-state index in [1.54, 1.807) is 18.5 Å². The van der Waals surface area contributed by atoms with Crippen LogP contribution in [0.25, 0.3) is 0 Å². The van der Waals surface area contributed by atoms with Gasteiger partial charge in [0.05, 0.1) is 0 Å². The molecule has 6 heteroatoms. The molecule has 1 N–H and O–H groups in total. The van der Waals surface area contributed by atoms with Gasteiger partial charge < -0.3 is 5.32 Å². The third-order valence-electron chi connectivity index (χ3n) is 2.35. The Hall–Kier alpha value is -2.26. The zero-order chi connectivity index (χ0) is 13.7. The van der Waals surface area contributed by atoms with Crippen molar-refractivity contribution in [3.05, 3.63) is 58.1 Å². The highest BCUT2D eigenvalue weighted by atomic mass is 79.9. The molecule has 0 aliphatic carbocycles. The van der Waals surface area contributed by atoms with Crippen molar-refractivity contribution in [2.45, 2.75) is 6.54 Å². The van der Waals surface area contributed by atoms with E-state index in [1.165, 1.54) is 12.3 Å². The molecular formula is C13H9BrN4O. The number of carbonyl (C=O) groups excluding carboxylic acids is 1. The lowest BCUT2D eigenvalue weighted by atomic mass is 10.2. The van der Waals surface area contributed by atoms with Gasteiger partial charge in [0.15, 0.2) is 0 Å². The highest BCUT2D eigenvalue weighted by molar-refractivity contribution is 9.10. The number of halogens is 1. The quantitative estimate of drug-likeness (QED) is 0.939. The first-order chi connectivity index (χ1) is 9.19. The Morgan fingerprint density at radius 2 is 2.26 bits per heavy atom. The molecular weight excluding hydrogens is 308 g/mol. The van der Waals surface area contributed by atoms with Crippen LogP contribution in [0.15, 0.2) is 41.3 Å².